The average molecular weight is 537 g/mol. The van der Waals surface area contributed by atoms with Gasteiger partial charge in [0.2, 0.25) is 22.7 Å². The lowest BCUT2D eigenvalue weighted by atomic mass is 9.96. The van der Waals surface area contributed by atoms with Gasteiger partial charge in [-0.15, -0.1) is 10.2 Å². The molecule has 0 amide bonds. The number of hydrogen-bond acceptors (Lipinski definition) is 13. The highest BCUT2D eigenvalue weighted by atomic mass is 32.2. The van der Waals surface area contributed by atoms with Crippen LogP contribution in [0.15, 0.2) is 18.7 Å². The van der Waals surface area contributed by atoms with Crippen LogP contribution in [-0.2, 0) is 26.8 Å². The van der Waals surface area contributed by atoms with Crippen molar-refractivity contribution >= 4 is 10.9 Å². The molecule has 16 heteroatoms. The van der Waals surface area contributed by atoms with Gasteiger partial charge in [-0.05, 0) is 6.92 Å². The van der Waals surface area contributed by atoms with Crippen molar-refractivity contribution in [3.05, 3.63) is 36.2 Å². The van der Waals surface area contributed by atoms with Crippen LogP contribution in [-0.4, -0.2) is 90.3 Å². The number of nitrogens with one attached hydrogen (secondary N) is 1. The first-order valence-corrected chi connectivity index (χ1v) is 12.5. The molecule has 200 valence electrons. The summed E-state index contributed by atoms with van der Waals surface area (Å²) in [6.45, 7) is 2.82. The van der Waals surface area contributed by atoms with Gasteiger partial charge in [0.15, 0.2) is 17.3 Å². The van der Waals surface area contributed by atoms with Crippen LogP contribution < -0.4 is 18.9 Å². The number of nitrogens with zero attached hydrogens (tertiary/aromatic N) is 7. The van der Waals surface area contributed by atoms with Gasteiger partial charge in [0.25, 0.3) is 0 Å². The van der Waals surface area contributed by atoms with Crippen LogP contribution in [0, 0.1) is 0 Å². The molecule has 3 atom stereocenters. The molecule has 0 saturated carbocycles. The summed E-state index contributed by atoms with van der Waals surface area (Å²) in [5, 5.41) is 8.83. The molecule has 1 aliphatic rings. The summed E-state index contributed by atoms with van der Waals surface area (Å²) < 4.78 is 54.9. The summed E-state index contributed by atoms with van der Waals surface area (Å²) in [5.41, 5.74) is 0.363. The zero-order valence-corrected chi connectivity index (χ0v) is 21.6. The average Bonchev–Trinajstić information content (AvgIpc) is 3.34. The molecule has 0 bridgehead atoms. The summed E-state index contributed by atoms with van der Waals surface area (Å²) in [6, 6.07) is -0.590. The van der Waals surface area contributed by atoms with Gasteiger partial charge < -0.3 is 23.7 Å². The maximum Gasteiger partial charge on any atom is 0.245 e. The third-order valence-electron chi connectivity index (χ3n) is 5.76. The molecule has 0 unspecified atom stereocenters. The molecule has 0 aromatic carbocycles. The summed E-state index contributed by atoms with van der Waals surface area (Å²) in [6.07, 6.45) is 3.98. The van der Waals surface area contributed by atoms with Crippen molar-refractivity contribution in [1.82, 2.24) is 39.4 Å². The third-order valence-corrected chi connectivity index (χ3v) is 6.37. The lowest BCUT2D eigenvalue weighted by molar-refractivity contribution is -0.0942. The third kappa shape index (κ3) is 5.93. The van der Waals surface area contributed by atoms with E-state index in [9.17, 15) is 8.42 Å². The fraction of sp³-hybridized carbons (Fsp3) is 0.524. The molecule has 3 aromatic rings. The van der Waals surface area contributed by atoms with E-state index in [1.807, 2.05) is 0 Å². The standard InChI is InChI=1S/C21H28N8O7S/c1-12(28-37(30)31)14(18-22-8-13(32-2)9-23-18)7-16-26-27-19(15-10-35-5-6-36-15)29(16)17-20(33-3)24-11-25-21(17)34-4/h8-9,11-12,14-15,37H,5-7,10H2,1-4H3,(H,28,30,31)/t12-,14-,15-/m1/s1. The van der Waals surface area contributed by atoms with Crippen molar-refractivity contribution in [3.8, 4) is 23.2 Å². The van der Waals surface area contributed by atoms with E-state index in [-0.39, 0.29) is 24.8 Å². The second-order valence-corrected chi connectivity index (χ2v) is 8.72. The van der Waals surface area contributed by atoms with Crippen molar-refractivity contribution in [2.75, 3.05) is 41.2 Å². The van der Waals surface area contributed by atoms with Crippen LogP contribution in [0.4, 0.5) is 0 Å². The van der Waals surface area contributed by atoms with Crippen molar-refractivity contribution in [1.29, 1.82) is 0 Å². The minimum absolute atomic E-state index is 0.172. The summed E-state index contributed by atoms with van der Waals surface area (Å²) in [5.74, 6) is 1.59. The van der Waals surface area contributed by atoms with E-state index in [0.29, 0.717) is 42.1 Å². The number of hydrogen-bond donors (Lipinski definition) is 2. The molecular formula is C21H28N8O7S. The zero-order valence-electron chi connectivity index (χ0n) is 20.7. The predicted octanol–water partition coefficient (Wildman–Crippen LogP) is -0.208. The lowest BCUT2D eigenvalue weighted by Crippen LogP contribution is -2.34. The molecule has 1 saturated heterocycles. The van der Waals surface area contributed by atoms with Crippen LogP contribution in [0.5, 0.6) is 17.5 Å². The molecule has 4 rings (SSSR count). The van der Waals surface area contributed by atoms with Crippen LogP contribution in [0.3, 0.4) is 0 Å². The van der Waals surface area contributed by atoms with Gasteiger partial charge in [0.05, 0.1) is 53.5 Å². The SMILES string of the molecule is COc1cnc([C@H](Cc2nnc([C@H]3COCCO3)n2-c2c(OC)ncnc2OC)[C@@H](C)N[SH](=O)=O)nc1. The van der Waals surface area contributed by atoms with Crippen LogP contribution in [0.2, 0.25) is 0 Å². The Kier molecular flexibility index (Phi) is 8.75. The fourth-order valence-electron chi connectivity index (χ4n) is 3.96. The van der Waals surface area contributed by atoms with E-state index < -0.39 is 29.0 Å². The molecular weight excluding hydrogens is 508 g/mol. The maximum atomic E-state index is 11.5. The first kappa shape index (κ1) is 26.6. The molecule has 15 nitrogen and oxygen atoms in total. The monoisotopic (exact) mass is 536 g/mol. The van der Waals surface area contributed by atoms with Crippen LogP contribution in [0.25, 0.3) is 5.69 Å². The second-order valence-electron chi connectivity index (χ2n) is 7.95. The normalized spacial score (nSPS) is 17.4. The van der Waals surface area contributed by atoms with E-state index in [1.165, 1.54) is 40.1 Å². The first-order chi connectivity index (χ1) is 18.0. The highest BCUT2D eigenvalue weighted by Gasteiger charge is 2.32. The fourth-order valence-corrected chi connectivity index (χ4v) is 4.47. The molecule has 4 heterocycles. The van der Waals surface area contributed by atoms with Gasteiger partial charge in [0.1, 0.15) is 24.1 Å². The first-order valence-electron chi connectivity index (χ1n) is 11.3. The summed E-state index contributed by atoms with van der Waals surface area (Å²) >= 11 is 0. The van der Waals surface area contributed by atoms with Gasteiger partial charge in [-0.2, -0.15) is 9.97 Å². The second kappa shape index (κ2) is 12.2. The number of ether oxygens (including phenoxy) is 5. The Labute approximate surface area is 214 Å². The highest BCUT2D eigenvalue weighted by Crippen LogP contribution is 2.34. The minimum atomic E-state index is -2.89. The lowest BCUT2D eigenvalue weighted by Gasteiger charge is -2.25. The Balaban J connectivity index is 1.85. The molecule has 0 spiro atoms. The Morgan fingerprint density at radius 1 is 1.05 bits per heavy atom. The van der Waals surface area contributed by atoms with Gasteiger partial charge in [-0.1, -0.05) is 0 Å². The molecule has 0 radical (unpaired) electrons. The van der Waals surface area contributed by atoms with E-state index in [1.54, 1.807) is 11.5 Å². The van der Waals surface area contributed by atoms with E-state index in [0.717, 1.165) is 0 Å². The Bertz CT molecular complexity index is 1230. The minimum Gasteiger partial charge on any atom is -0.494 e. The zero-order chi connectivity index (χ0) is 26.4. The Morgan fingerprint density at radius 2 is 1.76 bits per heavy atom. The van der Waals surface area contributed by atoms with Crippen molar-refractivity contribution in [3.63, 3.8) is 0 Å². The quantitative estimate of drug-likeness (QED) is 0.308. The van der Waals surface area contributed by atoms with Crippen LogP contribution >= 0.6 is 0 Å². The molecule has 1 N–H and O–H groups in total. The maximum absolute atomic E-state index is 11.5. The van der Waals surface area contributed by atoms with E-state index in [4.69, 9.17) is 23.7 Å². The van der Waals surface area contributed by atoms with Crippen molar-refractivity contribution in [2.24, 2.45) is 0 Å². The molecule has 1 aliphatic heterocycles. The largest absolute Gasteiger partial charge is 0.494 e. The number of aromatic nitrogens is 7. The molecule has 37 heavy (non-hydrogen) atoms. The predicted molar refractivity (Wildman–Crippen MR) is 128 cm³/mol. The van der Waals surface area contributed by atoms with Gasteiger partial charge in [-0.25, -0.2) is 23.1 Å². The van der Waals surface area contributed by atoms with E-state index >= 15 is 0 Å². The topological polar surface area (TPSA) is 175 Å². The summed E-state index contributed by atoms with van der Waals surface area (Å²) in [7, 11) is 1.56. The number of methoxy groups -OCH3 is 3. The Morgan fingerprint density at radius 3 is 2.32 bits per heavy atom. The Hall–Kier alpha value is -3.47. The molecule has 1 fully saturated rings. The smallest absolute Gasteiger partial charge is 0.245 e. The van der Waals surface area contributed by atoms with Crippen molar-refractivity contribution < 1.29 is 32.1 Å². The van der Waals surface area contributed by atoms with Gasteiger partial charge in [0, 0.05) is 18.4 Å². The van der Waals surface area contributed by atoms with Gasteiger partial charge >= 0.3 is 0 Å². The molecule has 3 aromatic heterocycles. The summed E-state index contributed by atoms with van der Waals surface area (Å²) in [4.78, 5) is 17.2. The van der Waals surface area contributed by atoms with Gasteiger partial charge in [-0.3, -0.25) is 4.57 Å². The van der Waals surface area contributed by atoms with Crippen molar-refractivity contribution in [2.45, 2.75) is 31.4 Å². The van der Waals surface area contributed by atoms with E-state index in [2.05, 4.69) is 34.9 Å². The highest BCUT2D eigenvalue weighted by molar-refractivity contribution is 7.70. The number of rotatable bonds is 11. The van der Waals surface area contributed by atoms with Crippen LogP contribution in [0.1, 0.15) is 36.4 Å². The number of thiol groups is 1. The molecule has 0 aliphatic carbocycles.